The van der Waals surface area contributed by atoms with Crippen LogP contribution in [0.1, 0.15) is 58.8 Å². The molecule has 0 saturated heterocycles. The summed E-state index contributed by atoms with van der Waals surface area (Å²) in [5.74, 6) is 3.62. The van der Waals surface area contributed by atoms with Gasteiger partial charge in [-0.1, -0.05) is 38.8 Å². The highest BCUT2D eigenvalue weighted by atomic mass is 14.9. The molecule has 0 aromatic carbocycles. The molecule has 3 aliphatic carbocycles. The first-order valence-electron chi connectivity index (χ1n) is 8.56. The Bertz CT molecular complexity index is 325. The van der Waals surface area contributed by atoms with Crippen molar-refractivity contribution in [3.05, 3.63) is 12.2 Å². The zero-order valence-corrected chi connectivity index (χ0v) is 12.8. The molecule has 0 aliphatic heterocycles. The predicted molar refractivity (Wildman–Crippen MR) is 82.1 cm³/mol. The van der Waals surface area contributed by atoms with Gasteiger partial charge in [0.15, 0.2) is 0 Å². The lowest BCUT2D eigenvalue weighted by atomic mass is 9.78. The molecular weight excluding hydrogens is 230 g/mol. The smallest absolute Gasteiger partial charge is 0.000802 e. The van der Waals surface area contributed by atoms with Crippen LogP contribution in [0.3, 0.4) is 0 Å². The van der Waals surface area contributed by atoms with Gasteiger partial charge in [-0.2, -0.15) is 0 Å². The van der Waals surface area contributed by atoms with Crippen LogP contribution in [0.25, 0.3) is 0 Å². The second-order valence-corrected chi connectivity index (χ2v) is 7.98. The van der Waals surface area contributed by atoms with Crippen molar-refractivity contribution in [2.75, 3.05) is 13.1 Å². The van der Waals surface area contributed by atoms with E-state index in [1.165, 1.54) is 58.0 Å². The highest BCUT2D eigenvalue weighted by molar-refractivity contribution is 5.10. The van der Waals surface area contributed by atoms with E-state index in [-0.39, 0.29) is 0 Å². The van der Waals surface area contributed by atoms with Gasteiger partial charge in [0.2, 0.25) is 0 Å². The maximum absolute atomic E-state index is 3.87. The van der Waals surface area contributed by atoms with Crippen molar-refractivity contribution in [3.63, 3.8) is 0 Å². The van der Waals surface area contributed by atoms with E-state index in [9.17, 15) is 0 Å². The zero-order chi connectivity index (χ0) is 13.3. The van der Waals surface area contributed by atoms with Gasteiger partial charge in [-0.3, -0.25) is 0 Å². The number of hydrogen-bond acceptors (Lipinski definition) is 1. The average Bonchev–Trinajstić information content (AvgIpc) is 3.04. The van der Waals surface area contributed by atoms with Crippen molar-refractivity contribution in [2.24, 2.45) is 29.1 Å². The zero-order valence-electron chi connectivity index (χ0n) is 12.8. The Balaban J connectivity index is 1.46. The normalized spacial score (nSPS) is 35.6. The van der Waals surface area contributed by atoms with Gasteiger partial charge in [-0.15, -0.1) is 0 Å². The van der Waals surface area contributed by atoms with Crippen LogP contribution >= 0.6 is 0 Å². The Kier molecular flexibility index (Phi) is 4.03. The molecule has 2 fully saturated rings. The van der Waals surface area contributed by atoms with Gasteiger partial charge in [-0.25, -0.2) is 0 Å². The third-order valence-corrected chi connectivity index (χ3v) is 5.83. The van der Waals surface area contributed by atoms with Crippen LogP contribution in [-0.4, -0.2) is 13.1 Å². The van der Waals surface area contributed by atoms with Crippen molar-refractivity contribution in [1.82, 2.24) is 5.32 Å². The SMILES string of the molecule is CC(C)CC1(CNCC2CC3C=CC2C3)CCCC1. The molecule has 0 amide bonds. The first kappa shape index (κ1) is 13.7. The van der Waals surface area contributed by atoms with E-state index in [4.69, 9.17) is 0 Å². The van der Waals surface area contributed by atoms with Gasteiger partial charge in [0.25, 0.3) is 0 Å². The summed E-state index contributed by atoms with van der Waals surface area (Å²) in [6.07, 6.45) is 15.1. The molecular formula is C18H31N. The molecule has 0 aromatic rings. The minimum atomic E-state index is 0.641. The molecule has 3 atom stereocenters. The van der Waals surface area contributed by atoms with Gasteiger partial charge in [0, 0.05) is 6.54 Å². The minimum Gasteiger partial charge on any atom is -0.316 e. The van der Waals surface area contributed by atoms with Crippen LogP contribution in [-0.2, 0) is 0 Å². The quantitative estimate of drug-likeness (QED) is 0.699. The molecule has 0 spiro atoms. The largest absolute Gasteiger partial charge is 0.316 e. The highest BCUT2D eigenvalue weighted by Crippen LogP contribution is 2.44. The summed E-state index contributed by atoms with van der Waals surface area (Å²) in [6, 6.07) is 0. The highest BCUT2D eigenvalue weighted by Gasteiger charge is 2.37. The molecule has 0 radical (unpaired) electrons. The van der Waals surface area contributed by atoms with Gasteiger partial charge >= 0.3 is 0 Å². The predicted octanol–water partition coefficient (Wildman–Crippen LogP) is 4.39. The lowest BCUT2D eigenvalue weighted by Crippen LogP contribution is -2.36. The maximum atomic E-state index is 3.87. The fraction of sp³-hybridized carbons (Fsp3) is 0.889. The van der Waals surface area contributed by atoms with Crippen molar-refractivity contribution in [2.45, 2.75) is 58.8 Å². The van der Waals surface area contributed by atoms with Crippen LogP contribution in [0.4, 0.5) is 0 Å². The van der Waals surface area contributed by atoms with Crippen molar-refractivity contribution in [3.8, 4) is 0 Å². The first-order chi connectivity index (χ1) is 9.17. The van der Waals surface area contributed by atoms with Crippen molar-refractivity contribution in [1.29, 1.82) is 0 Å². The Morgan fingerprint density at radius 1 is 1.16 bits per heavy atom. The lowest BCUT2D eigenvalue weighted by molar-refractivity contribution is 0.217. The van der Waals surface area contributed by atoms with Gasteiger partial charge in [-0.05, 0) is 67.7 Å². The summed E-state index contributed by atoms with van der Waals surface area (Å²) < 4.78 is 0. The Hall–Kier alpha value is -0.300. The summed E-state index contributed by atoms with van der Waals surface area (Å²) in [6.45, 7) is 7.33. The molecule has 0 aromatic heterocycles. The van der Waals surface area contributed by atoms with Crippen LogP contribution in [0.2, 0.25) is 0 Å². The molecule has 0 heterocycles. The Morgan fingerprint density at radius 3 is 2.53 bits per heavy atom. The molecule has 3 unspecified atom stereocenters. The summed E-state index contributed by atoms with van der Waals surface area (Å²) >= 11 is 0. The average molecular weight is 261 g/mol. The fourth-order valence-electron chi connectivity index (χ4n) is 5.10. The van der Waals surface area contributed by atoms with E-state index in [0.29, 0.717) is 5.41 Å². The summed E-state index contributed by atoms with van der Waals surface area (Å²) in [4.78, 5) is 0. The summed E-state index contributed by atoms with van der Waals surface area (Å²) in [5.41, 5.74) is 0.641. The maximum Gasteiger partial charge on any atom is 0.000802 e. The van der Waals surface area contributed by atoms with Gasteiger partial charge in [0.05, 0.1) is 0 Å². The number of rotatable bonds is 6. The van der Waals surface area contributed by atoms with Crippen molar-refractivity contribution < 1.29 is 0 Å². The molecule has 3 rings (SSSR count). The molecule has 1 N–H and O–H groups in total. The van der Waals surface area contributed by atoms with Gasteiger partial charge in [0.1, 0.15) is 0 Å². The summed E-state index contributed by atoms with van der Waals surface area (Å²) in [7, 11) is 0. The Morgan fingerprint density at radius 2 is 1.95 bits per heavy atom. The van der Waals surface area contributed by atoms with E-state index in [2.05, 4.69) is 31.3 Å². The standard InChI is InChI=1S/C18H31N/c1-14(2)11-18(7-3-4-8-18)13-19-12-17-10-15-5-6-16(17)9-15/h5-6,14-17,19H,3-4,7-13H2,1-2H3. The number of fused-ring (bicyclic) bond motifs is 2. The second-order valence-electron chi connectivity index (χ2n) is 7.98. The van der Waals surface area contributed by atoms with E-state index in [1.807, 2.05) is 0 Å². The second kappa shape index (κ2) is 5.60. The molecule has 2 saturated carbocycles. The van der Waals surface area contributed by atoms with E-state index < -0.39 is 0 Å². The van der Waals surface area contributed by atoms with Crippen molar-refractivity contribution >= 4 is 0 Å². The fourth-order valence-corrected chi connectivity index (χ4v) is 5.10. The van der Waals surface area contributed by atoms with E-state index >= 15 is 0 Å². The molecule has 1 heteroatoms. The monoisotopic (exact) mass is 261 g/mol. The number of nitrogens with one attached hydrogen (secondary N) is 1. The lowest BCUT2D eigenvalue weighted by Gasteiger charge is -2.32. The van der Waals surface area contributed by atoms with E-state index in [1.54, 1.807) is 0 Å². The third kappa shape index (κ3) is 3.07. The minimum absolute atomic E-state index is 0.641. The van der Waals surface area contributed by atoms with E-state index in [0.717, 1.165) is 23.7 Å². The van der Waals surface area contributed by atoms with Crippen LogP contribution in [0.5, 0.6) is 0 Å². The Labute approximate surface area is 119 Å². The van der Waals surface area contributed by atoms with Gasteiger partial charge < -0.3 is 5.32 Å². The van der Waals surface area contributed by atoms with Crippen LogP contribution < -0.4 is 5.32 Å². The molecule has 108 valence electrons. The topological polar surface area (TPSA) is 12.0 Å². The molecule has 3 aliphatic rings. The third-order valence-electron chi connectivity index (χ3n) is 5.83. The van der Waals surface area contributed by atoms with Crippen LogP contribution in [0, 0.1) is 29.1 Å². The summed E-state index contributed by atoms with van der Waals surface area (Å²) in [5, 5.41) is 3.87. The molecule has 19 heavy (non-hydrogen) atoms. The molecule has 1 nitrogen and oxygen atoms in total. The molecule has 2 bridgehead atoms. The number of hydrogen-bond donors (Lipinski definition) is 1. The first-order valence-corrected chi connectivity index (χ1v) is 8.56. The number of allylic oxidation sites excluding steroid dienone is 2. The van der Waals surface area contributed by atoms with Crippen LogP contribution in [0.15, 0.2) is 12.2 Å².